The summed E-state index contributed by atoms with van der Waals surface area (Å²) in [6, 6.07) is 11.8. The summed E-state index contributed by atoms with van der Waals surface area (Å²) in [4.78, 5) is 23.2. The van der Waals surface area contributed by atoms with Gasteiger partial charge in [-0.1, -0.05) is 18.6 Å². The van der Waals surface area contributed by atoms with Gasteiger partial charge in [0, 0.05) is 30.6 Å². The molecule has 0 radical (unpaired) electrons. The summed E-state index contributed by atoms with van der Waals surface area (Å²) >= 11 is 0. The van der Waals surface area contributed by atoms with Crippen LogP contribution in [-0.2, 0) is 6.54 Å². The van der Waals surface area contributed by atoms with Gasteiger partial charge in [0.1, 0.15) is 12.1 Å². The zero-order chi connectivity index (χ0) is 19.3. The molecule has 7 nitrogen and oxygen atoms in total. The van der Waals surface area contributed by atoms with Crippen LogP contribution in [0.1, 0.15) is 25.0 Å². The summed E-state index contributed by atoms with van der Waals surface area (Å²) in [7, 11) is 0. The van der Waals surface area contributed by atoms with Crippen molar-refractivity contribution in [3.8, 4) is 0 Å². The number of fused-ring (bicyclic) bond motifs is 1. The Morgan fingerprint density at radius 1 is 1.11 bits per heavy atom. The lowest BCUT2D eigenvalue weighted by atomic mass is 10.0. The molecule has 0 saturated carbocycles. The fourth-order valence-corrected chi connectivity index (χ4v) is 3.88. The van der Waals surface area contributed by atoms with Gasteiger partial charge in [-0.25, -0.2) is 14.6 Å². The molecule has 0 spiro atoms. The van der Waals surface area contributed by atoms with Crippen LogP contribution in [0.25, 0.3) is 10.9 Å². The Bertz CT molecular complexity index is 996. The van der Waals surface area contributed by atoms with E-state index in [0.717, 1.165) is 48.5 Å². The van der Waals surface area contributed by atoms with E-state index >= 15 is 0 Å². The minimum atomic E-state index is -0.0373. The van der Waals surface area contributed by atoms with Crippen LogP contribution in [0.3, 0.4) is 0 Å². The number of likely N-dealkylation sites (tertiary alicyclic amines) is 1. The molecule has 1 N–H and O–H groups in total. The molecule has 0 amide bonds. The first-order valence-corrected chi connectivity index (χ1v) is 9.93. The molecule has 28 heavy (non-hydrogen) atoms. The summed E-state index contributed by atoms with van der Waals surface area (Å²) in [6.07, 6.45) is 5.18. The first kappa shape index (κ1) is 18.6. The standard InChI is InChI=1S/C21H26N6O/c1-16-9-10-20(28)27(25-16)13-12-26-11-5-4-6-17(26)14-22-21-18-7-2-3-8-19(18)23-15-24-21/h2-3,7-10,15,17H,4-6,11-14H2,1H3,(H,22,23,24). The number of nitrogens with zero attached hydrogens (tertiary/aromatic N) is 5. The van der Waals surface area contributed by atoms with Crippen LogP contribution in [0.15, 0.2) is 47.5 Å². The molecule has 3 heterocycles. The van der Waals surface area contributed by atoms with Gasteiger partial charge in [-0.05, 0) is 44.5 Å². The lowest BCUT2D eigenvalue weighted by molar-refractivity contribution is 0.148. The van der Waals surface area contributed by atoms with E-state index in [1.807, 2.05) is 31.2 Å². The minimum absolute atomic E-state index is 0.0373. The summed E-state index contributed by atoms with van der Waals surface area (Å²) in [6.45, 7) is 5.24. The van der Waals surface area contributed by atoms with E-state index < -0.39 is 0 Å². The second-order valence-corrected chi connectivity index (χ2v) is 7.34. The fourth-order valence-electron chi connectivity index (χ4n) is 3.88. The molecule has 2 aromatic heterocycles. The van der Waals surface area contributed by atoms with Gasteiger partial charge in [0.15, 0.2) is 0 Å². The Labute approximate surface area is 164 Å². The SMILES string of the molecule is Cc1ccc(=O)n(CCN2CCCCC2CNc2ncnc3ccccc23)n1. The lowest BCUT2D eigenvalue weighted by Crippen LogP contribution is -2.45. The van der Waals surface area contributed by atoms with Gasteiger partial charge in [0.05, 0.1) is 17.8 Å². The van der Waals surface area contributed by atoms with E-state index in [-0.39, 0.29) is 5.56 Å². The minimum Gasteiger partial charge on any atom is -0.368 e. The van der Waals surface area contributed by atoms with E-state index in [1.165, 1.54) is 12.8 Å². The number of anilines is 1. The van der Waals surface area contributed by atoms with Crippen LogP contribution in [-0.4, -0.2) is 50.3 Å². The number of aromatic nitrogens is 4. The number of hydrogen-bond donors (Lipinski definition) is 1. The molecule has 0 aliphatic carbocycles. The van der Waals surface area contributed by atoms with Crippen LogP contribution in [0, 0.1) is 6.92 Å². The summed E-state index contributed by atoms with van der Waals surface area (Å²) in [5, 5.41) is 8.93. The quantitative estimate of drug-likeness (QED) is 0.710. The number of hydrogen-bond acceptors (Lipinski definition) is 6. The molecule has 3 aromatic rings. The summed E-state index contributed by atoms with van der Waals surface area (Å²) in [5.41, 5.74) is 1.78. The topological polar surface area (TPSA) is 75.9 Å². The maximum atomic E-state index is 12.0. The Morgan fingerprint density at radius 2 is 2.00 bits per heavy atom. The number of para-hydroxylation sites is 1. The second kappa shape index (κ2) is 8.48. The number of benzene rings is 1. The monoisotopic (exact) mass is 378 g/mol. The highest BCUT2D eigenvalue weighted by Crippen LogP contribution is 2.21. The van der Waals surface area contributed by atoms with Gasteiger partial charge in [-0.2, -0.15) is 5.10 Å². The Morgan fingerprint density at radius 3 is 2.93 bits per heavy atom. The van der Waals surface area contributed by atoms with E-state index in [1.54, 1.807) is 23.1 Å². The highest BCUT2D eigenvalue weighted by Gasteiger charge is 2.22. The smallest absolute Gasteiger partial charge is 0.266 e. The van der Waals surface area contributed by atoms with E-state index in [0.29, 0.717) is 12.6 Å². The number of piperidine rings is 1. The Balaban J connectivity index is 1.42. The van der Waals surface area contributed by atoms with Gasteiger partial charge in [-0.15, -0.1) is 0 Å². The average molecular weight is 378 g/mol. The molecule has 1 aromatic carbocycles. The van der Waals surface area contributed by atoms with Crippen molar-refractivity contribution in [1.29, 1.82) is 0 Å². The summed E-state index contributed by atoms with van der Waals surface area (Å²) < 4.78 is 1.58. The van der Waals surface area contributed by atoms with Crippen molar-refractivity contribution in [2.75, 3.05) is 25.0 Å². The molecular weight excluding hydrogens is 352 g/mol. The molecule has 1 aliphatic heterocycles. The Hall–Kier alpha value is -2.80. The highest BCUT2D eigenvalue weighted by molar-refractivity contribution is 5.88. The average Bonchev–Trinajstić information content (AvgIpc) is 2.73. The predicted octanol–water partition coefficient (Wildman–Crippen LogP) is 2.46. The lowest BCUT2D eigenvalue weighted by Gasteiger charge is -2.36. The third kappa shape index (κ3) is 4.20. The van der Waals surface area contributed by atoms with Crippen LogP contribution >= 0.6 is 0 Å². The fraction of sp³-hybridized carbons (Fsp3) is 0.429. The Kier molecular flexibility index (Phi) is 5.62. The third-order valence-electron chi connectivity index (χ3n) is 5.40. The molecule has 0 bridgehead atoms. The van der Waals surface area contributed by atoms with Crippen molar-refractivity contribution in [3.63, 3.8) is 0 Å². The van der Waals surface area contributed by atoms with Gasteiger partial charge >= 0.3 is 0 Å². The zero-order valence-electron chi connectivity index (χ0n) is 16.2. The molecule has 4 rings (SSSR count). The number of rotatable bonds is 6. The van der Waals surface area contributed by atoms with Crippen molar-refractivity contribution in [1.82, 2.24) is 24.6 Å². The first-order chi connectivity index (χ1) is 13.7. The molecule has 1 aliphatic rings. The molecule has 1 saturated heterocycles. The van der Waals surface area contributed by atoms with Gasteiger partial charge in [0.2, 0.25) is 0 Å². The molecular formula is C21H26N6O. The van der Waals surface area contributed by atoms with E-state index in [4.69, 9.17) is 0 Å². The van der Waals surface area contributed by atoms with Crippen LogP contribution < -0.4 is 10.9 Å². The van der Waals surface area contributed by atoms with Gasteiger partial charge < -0.3 is 5.32 Å². The maximum Gasteiger partial charge on any atom is 0.266 e. The van der Waals surface area contributed by atoms with E-state index in [9.17, 15) is 4.79 Å². The molecule has 1 atom stereocenters. The normalized spacial score (nSPS) is 17.7. The number of aryl methyl sites for hydroxylation is 1. The van der Waals surface area contributed by atoms with Crippen molar-refractivity contribution in [3.05, 3.63) is 58.8 Å². The molecule has 1 unspecified atom stereocenters. The molecule has 1 fully saturated rings. The van der Waals surface area contributed by atoms with Gasteiger partial charge in [-0.3, -0.25) is 9.69 Å². The largest absolute Gasteiger partial charge is 0.368 e. The van der Waals surface area contributed by atoms with E-state index in [2.05, 4.69) is 25.3 Å². The van der Waals surface area contributed by atoms with Crippen LogP contribution in [0.2, 0.25) is 0 Å². The van der Waals surface area contributed by atoms with Crippen molar-refractivity contribution in [2.45, 2.75) is 38.8 Å². The first-order valence-electron chi connectivity index (χ1n) is 9.93. The van der Waals surface area contributed by atoms with Crippen LogP contribution in [0.4, 0.5) is 5.82 Å². The summed E-state index contributed by atoms with van der Waals surface area (Å²) in [5.74, 6) is 0.882. The van der Waals surface area contributed by atoms with Gasteiger partial charge in [0.25, 0.3) is 5.56 Å². The van der Waals surface area contributed by atoms with Crippen molar-refractivity contribution in [2.24, 2.45) is 0 Å². The molecule has 7 heteroatoms. The van der Waals surface area contributed by atoms with Crippen LogP contribution in [0.5, 0.6) is 0 Å². The highest BCUT2D eigenvalue weighted by atomic mass is 16.1. The van der Waals surface area contributed by atoms with Crippen molar-refractivity contribution >= 4 is 16.7 Å². The zero-order valence-corrected chi connectivity index (χ0v) is 16.2. The number of nitrogens with one attached hydrogen (secondary N) is 1. The molecule has 146 valence electrons. The third-order valence-corrected chi connectivity index (χ3v) is 5.40. The van der Waals surface area contributed by atoms with Crippen molar-refractivity contribution < 1.29 is 0 Å². The maximum absolute atomic E-state index is 12.0. The second-order valence-electron chi connectivity index (χ2n) is 7.34. The predicted molar refractivity (Wildman–Crippen MR) is 110 cm³/mol.